The molecule has 0 aliphatic carbocycles. The van der Waals surface area contributed by atoms with E-state index in [1.54, 1.807) is 31.2 Å². The third-order valence-corrected chi connectivity index (χ3v) is 4.20. The van der Waals surface area contributed by atoms with Crippen LogP contribution in [-0.2, 0) is 9.59 Å². The molecule has 0 bridgehead atoms. The highest BCUT2D eigenvalue weighted by atomic mass is 16.6. The number of rotatable bonds is 3. The van der Waals surface area contributed by atoms with Crippen molar-refractivity contribution in [2.24, 2.45) is 0 Å². The van der Waals surface area contributed by atoms with E-state index in [1.165, 1.54) is 25.1 Å². The standard InChI is InChI=1S/C19H13N3O5/c1-10-3-4-12(22(25)26)7-14(10)17-6-5-13(27-17)8-15-11(2)16(9-20)19(24)21-18(15)23/h3-8H,1-2H3,(H,21,23,24)/b15-8+. The van der Waals surface area contributed by atoms with Crippen molar-refractivity contribution in [3.05, 3.63) is 68.5 Å². The van der Waals surface area contributed by atoms with Crippen LogP contribution >= 0.6 is 0 Å². The molecule has 2 aromatic rings. The van der Waals surface area contributed by atoms with Crippen LogP contribution in [0.4, 0.5) is 5.69 Å². The maximum absolute atomic E-state index is 12.1. The molecule has 27 heavy (non-hydrogen) atoms. The van der Waals surface area contributed by atoms with Crippen LogP contribution in [0.15, 0.2) is 51.5 Å². The minimum Gasteiger partial charge on any atom is -0.457 e. The molecule has 0 spiro atoms. The van der Waals surface area contributed by atoms with E-state index in [0.717, 1.165) is 5.56 Å². The largest absolute Gasteiger partial charge is 0.457 e. The van der Waals surface area contributed by atoms with Gasteiger partial charge in [-0.05, 0) is 43.2 Å². The highest BCUT2D eigenvalue weighted by Gasteiger charge is 2.27. The number of benzene rings is 1. The van der Waals surface area contributed by atoms with Crippen molar-refractivity contribution in [1.82, 2.24) is 5.32 Å². The second-order valence-corrected chi connectivity index (χ2v) is 5.91. The number of carbonyl (C=O) groups is 2. The first-order chi connectivity index (χ1) is 12.8. The van der Waals surface area contributed by atoms with E-state index in [0.29, 0.717) is 17.1 Å². The summed E-state index contributed by atoms with van der Waals surface area (Å²) in [4.78, 5) is 34.2. The number of aryl methyl sites for hydroxylation is 1. The van der Waals surface area contributed by atoms with E-state index in [-0.39, 0.29) is 22.4 Å². The van der Waals surface area contributed by atoms with Crippen LogP contribution in [0.5, 0.6) is 0 Å². The molecule has 0 unspecified atom stereocenters. The SMILES string of the molecule is CC1=C(C#N)C(=O)NC(=O)/C1=C/c1ccc(-c2cc([N+](=O)[O-])ccc2C)o1. The van der Waals surface area contributed by atoms with Gasteiger partial charge in [-0.2, -0.15) is 5.26 Å². The van der Waals surface area contributed by atoms with E-state index in [9.17, 15) is 19.7 Å². The summed E-state index contributed by atoms with van der Waals surface area (Å²) >= 11 is 0. The molecule has 1 aromatic heterocycles. The molecule has 0 fully saturated rings. The van der Waals surface area contributed by atoms with Gasteiger partial charge >= 0.3 is 0 Å². The van der Waals surface area contributed by atoms with Gasteiger partial charge in [0.05, 0.1) is 4.92 Å². The van der Waals surface area contributed by atoms with Crippen molar-refractivity contribution in [2.45, 2.75) is 13.8 Å². The lowest BCUT2D eigenvalue weighted by Gasteiger charge is -2.15. The van der Waals surface area contributed by atoms with Crippen LogP contribution in [0.1, 0.15) is 18.2 Å². The van der Waals surface area contributed by atoms with Gasteiger partial charge in [-0.25, -0.2) is 0 Å². The number of nitro benzene ring substituents is 1. The Hall–Kier alpha value is -3.99. The number of nitriles is 1. The number of nitrogens with one attached hydrogen (secondary N) is 1. The number of furan rings is 1. The van der Waals surface area contributed by atoms with Crippen LogP contribution in [-0.4, -0.2) is 16.7 Å². The van der Waals surface area contributed by atoms with Crippen molar-refractivity contribution < 1.29 is 18.9 Å². The molecule has 0 saturated carbocycles. The summed E-state index contributed by atoms with van der Waals surface area (Å²) in [6.07, 6.45) is 1.42. The first-order valence-electron chi connectivity index (χ1n) is 7.85. The number of carbonyl (C=O) groups excluding carboxylic acids is 2. The summed E-state index contributed by atoms with van der Waals surface area (Å²) in [7, 11) is 0. The van der Waals surface area contributed by atoms with Gasteiger partial charge in [0.1, 0.15) is 23.2 Å². The average molecular weight is 363 g/mol. The summed E-state index contributed by atoms with van der Waals surface area (Å²) in [6, 6.07) is 9.46. The number of hydrogen-bond donors (Lipinski definition) is 1. The zero-order valence-corrected chi connectivity index (χ0v) is 14.4. The Balaban J connectivity index is 2.04. The predicted molar refractivity (Wildman–Crippen MR) is 95.0 cm³/mol. The normalized spacial score (nSPS) is 15.7. The Morgan fingerprint density at radius 2 is 1.93 bits per heavy atom. The first-order valence-corrected chi connectivity index (χ1v) is 7.85. The summed E-state index contributed by atoms with van der Waals surface area (Å²) in [6.45, 7) is 3.31. The summed E-state index contributed by atoms with van der Waals surface area (Å²) in [5, 5.41) is 22.2. The highest BCUT2D eigenvalue weighted by molar-refractivity contribution is 6.19. The third kappa shape index (κ3) is 3.26. The van der Waals surface area contributed by atoms with Gasteiger partial charge in [0.15, 0.2) is 0 Å². The lowest BCUT2D eigenvalue weighted by molar-refractivity contribution is -0.384. The number of hydrogen-bond acceptors (Lipinski definition) is 6. The summed E-state index contributed by atoms with van der Waals surface area (Å²) in [5.74, 6) is -0.644. The van der Waals surface area contributed by atoms with Crippen LogP contribution in [0.2, 0.25) is 0 Å². The number of imide groups is 1. The zero-order chi connectivity index (χ0) is 19.7. The Morgan fingerprint density at radius 1 is 1.19 bits per heavy atom. The van der Waals surface area contributed by atoms with Crippen LogP contribution < -0.4 is 5.32 Å². The Morgan fingerprint density at radius 3 is 2.59 bits per heavy atom. The quantitative estimate of drug-likeness (QED) is 0.386. The molecule has 2 heterocycles. The number of nitrogens with zero attached hydrogens (tertiary/aromatic N) is 2. The van der Waals surface area contributed by atoms with E-state index in [4.69, 9.17) is 9.68 Å². The number of non-ortho nitro benzene ring substituents is 1. The van der Waals surface area contributed by atoms with Gasteiger partial charge in [-0.1, -0.05) is 6.07 Å². The maximum Gasteiger partial charge on any atom is 0.270 e. The lowest BCUT2D eigenvalue weighted by Crippen LogP contribution is -2.37. The van der Waals surface area contributed by atoms with Gasteiger partial charge < -0.3 is 4.42 Å². The van der Waals surface area contributed by atoms with Gasteiger partial charge in [-0.15, -0.1) is 0 Å². The summed E-state index contributed by atoms with van der Waals surface area (Å²) in [5.41, 5.74) is 1.55. The van der Waals surface area contributed by atoms with Crippen LogP contribution in [0, 0.1) is 28.4 Å². The molecule has 1 aliphatic rings. The van der Waals surface area contributed by atoms with Crippen molar-refractivity contribution in [1.29, 1.82) is 5.26 Å². The van der Waals surface area contributed by atoms with E-state index < -0.39 is 16.7 Å². The first kappa shape index (κ1) is 17.8. The van der Waals surface area contributed by atoms with Crippen molar-refractivity contribution in [3.63, 3.8) is 0 Å². The molecular weight excluding hydrogens is 350 g/mol. The molecule has 0 radical (unpaired) electrons. The minimum absolute atomic E-state index is 0.0606. The molecule has 134 valence electrons. The van der Waals surface area contributed by atoms with Crippen molar-refractivity contribution in [2.75, 3.05) is 0 Å². The van der Waals surface area contributed by atoms with E-state index in [2.05, 4.69) is 5.32 Å². The Labute approximate surface area is 153 Å². The van der Waals surface area contributed by atoms with Gasteiger partial charge in [0, 0.05) is 23.3 Å². The zero-order valence-electron chi connectivity index (χ0n) is 14.4. The second-order valence-electron chi connectivity index (χ2n) is 5.91. The van der Waals surface area contributed by atoms with E-state index in [1.807, 2.05) is 0 Å². The topological polar surface area (TPSA) is 126 Å². The molecule has 8 nitrogen and oxygen atoms in total. The maximum atomic E-state index is 12.1. The summed E-state index contributed by atoms with van der Waals surface area (Å²) < 4.78 is 5.71. The fraction of sp³-hybridized carbons (Fsp3) is 0.105. The fourth-order valence-electron chi connectivity index (χ4n) is 2.72. The molecule has 0 atom stereocenters. The van der Waals surface area contributed by atoms with Gasteiger partial charge in [0.2, 0.25) is 0 Å². The molecular formula is C19H13N3O5. The number of amides is 2. The molecule has 8 heteroatoms. The minimum atomic E-state index is -0.732. The third-order valence-electron chi connectivity index (χ3n) is 4.20. The predicted octanol–water partition coefficient (Wildman–Crippen LogP) is 3.04. The van der Waals surface area contributed by atoms with Crippen LogP contribution in [0.3, 0.4) is 0 Å². The molecule has 1 aliphatic heterocycles. The van der Waals surface area contributed by atoms with Gasteiger partial charge in [0.25, 0.3) is 17.5 Å². The smallest absolute Gasteiger partial charge is 0.270 e. The highest BCUT2D eigenvalue weighted by Crippen LogP contribution is 2.30. The van der Waals surface area contributed by atoms with Crippen molar-refractivity contribution in [3.8, 4) is 17.4 Å². The van der Waals surface area contributed by atoms with E-state index >= 15 is 0 Å². The van der Waals surface area contributed by atoms with Gasteiger partial charge in [-0.3, -0.25) is 25.0 Å². The monoisotopic (exact) mass is 363 g/mol. The molecule has 3 rings (SSSR count). The number of nitro groups is 1. The van der Waals surface area contributed by atoms with Crippen LogP contribution in [0.25, 0.3) is 17.4 Å². The molecule has 0 saturated heterocycles. The molecule has 1 N–H and O–H groups in total. The Kier molecular flexibility index (Phi) is 4.44. The fourth-order valence-corrected chi connectivity index (χ4v) is 2.72. The average Bonchev–Trinajstić information content (AvgIpc) is 3.07. The second kappa shape index (κ2) is 6.72. The van der Waals surface area contributed by atoms with Crippen molar-refractivity contribution >= 4 is 23.6 Å². The molecule has 1 aromatic carbocycles. The molecule has 2 amide bonds. The lowest BCUT2D eigenvalue weighted by atomic mass is 9.96. The Bertz CT molecular complexity index is 1100.